The fourth-order valence-electron chi connectivity index (χ4n) is 2.03. The molecule has 0 amide bonds. The summed E-state index contributed by atoms with van der Waals surface area (Å²) in [5.74, 6) is -0.417. The fraction of sp³-hybridized carbons (Fsp3) is 0.0667. The maximum atomic E-state index is 11.5. The number of fused-ring (bicyclic) bond motifs is 1. The monoisotopic (exact) mass is 318 g/mol. The van der Waals surface area contributed by atoms with Crippen LogP contribution in [0.25, 0.3) is 5.65 Å². The number of carbonyl (C=O) groups is 1. The molecular formula is C15H11ClN2O2S. The first-order valence-corrected chi connectivity index (χ1v) is 7.60. The minimum Gasteiger partial charge on any atom is -0.476 e. The van der Waals surface area contributed by atoms with Crippen molar-refractivity contribution in [3.63, 3.8) is 0 Å². The third-order valence-corrected chi connectivity index (χ3v) is 4.40. The topological polar surface area (TPSA) is 54.6 Å². The van der Waals surface area contributed by atoms with Crippen molar-refractivity contribution in [3.05, 3.63) is 64.9 Å². The molecule has 4 nitrogen and oxygen atoms in total. The summed E-state index contributed by atoms with van der Waals surface area (Å²) in [6.07, 6.45) is 1.70. The van der Waals surface area contributed by atoms with Crippen molar-refractivity contribution in [2.45, 2.75) is 10.8 Å². The van der Waals surface area contributed by atoms with Gasteiger partial charge >= 0.3 is 5.97 Å². The number of imidazole rings is 1. The number of aromatic nitrogens is 2. The number of hydrogen-bond acceptors (Lipinski definition) is 3. The molecule has 0 saturated heterocycles. The molecule has 0 aliphatic carbocycles. The summed E-state index contributed by atoms with van der Waals surface area (Å²) in [4.78, 5) is 15.9. The van der Waals surface area contributed by atoms with Gasteiger partial charge in [0.25, 0.3) is 0 Å². The number of halogens is 1. The number of rotatable bonds is 4. The Kier molecular flexibility index (Phi) is 3.86. The van der Waals surface area contributed by atoms with Gasteiger partial charge in [0.15, 0.2) is 5.69 Å². The number of benzene rings is 1. The molecule has 2 heterocycles. The number of carboxylic acids is 1. The molecule has 21 heavy (non-hydrogen) atoms. The van der Waals surface area contributed by atoms with E-state index in [4.69, 9.17) is 11.6 Å². The van der Waals surface area contributed by atoms with E-state index in [-0.39, 0.29) is 5.69 Å². The van der Waals surface area contributed by atoms with E-state index in [1.165, 1.54) is 11.8 Å². The van der Waals surface area contributed by atoms with Gasteiger partial charge in [-0.05, 0) is 23.8 Å². The van der Waals surface area contributed by atoms with Gasteiger partial charge in [-0.15, -0.1) is 0 Å². The lowest BCUT2D eigenvalue weighted by Gasteiger charge is -2.03. The second kappa shape index (κ2) is 5.79. The quantitative estimate of drug-likeness (QED) is 0.739. The average Bonchev–Trinajstić information content (AvgIpc) is 2.85. The maximum absolute atomic E-state index is 11.5. The predicted octanol–water partition coefficient (Wildman–Crippen LogP) is 3.98. The molecule has 106 valence electrons. The van der Waals surface area contributed by atoms with Crippen LogP contribution in [-0.4, -0.2) is 20.5 Å². The number of carboxylic acid groups (broad SMARTS) is 1. The molecule has 0 aliphatic rings. The molecule has 0 radical (unpaired) electrons. The van der Waals surface area contributed by atoms with Gasteiger partial charge in [0.1, 0.15) is 10.7 Å². The summed E-state index contributed by atoms with van der Waals surface area (Å²) in [6, 6.07) is 12.9. The molecular weight excluding hydrogens is 308 g/mol. The normalized spacial score (nSPS) is 10.9. The van der Waals surface area contributed by atoms with E-state index in [0.717, 1.165) is 5.56 Å². The van der Waals surface area contributed by atoms with E-state index in [0.29, 0.717) is 21.4 Å². The van der Waals surface area contributed by atoms with Crippen LogP contribution in [0.2, 0.25) is 5.02 Å². The minimum absolute atomic E-state index is 0.183. The second-order valence-electron chi connectivity index (χ2n) is 4.38. The molecule has 0 spiro atoms. The summed E-state index contributed by atoms with van der Waals surface area (Å²) in [6.45, 7) is 0. The summed E-state index contributed by atoms with van der Waals surface area (Å²) < 4.78 is 1.58. The number of hydrogen-bond donors (Lipinski definition) is 1. The standard InChI is InChI=1S/C15H11ClN2O2S/c16-11-6-2-1-5-10(11)9-21-14-13(15(19)20)18-8-4-3-7-12(18)17-14/h1-8H,9H2,(H,19,20). The molecule has 0 atom stereocenters. The zero-order valence-corrected chi connectivity index (χ0v) is 12.4. The smallest absolute Gasteiger partial charge is 0.355 e. The van der Waals surface area contributed by atoms with E-state index in [1.807, 2.05) is 30.3 Å². The molecule has 0 saturated carbocycles. The van der Waals surface area contributed by atoms with Crippen LogP contribution < -0.4 is 0 Å². The Balaban J connectivity index is 1.95. The van der Waals surface area contributed by atoms with Crippen molar-refractivity contribution < 1.29 is 9.90 Å². The van der Waals surface area contributed by atoms with Crippen LogP contribution >= 0.6 is 23.4 Å². The van der Waals surface area contributed by atoms with Crippen LogP contribution in [0.1, 0.15) is 16.1 Å². The first-order valence-electron chi connectivity index (χ1n) is 6.23. The van der Waals surface area contributed by atoms with Gasteiger partial charge < -0.3 is 5.11 Å². The van der Waals surface area contributed by atoms with E-state index >= 15 is 0 Å². The summed E-state index contributed by atoms with van der Waals surface area (Å²) >= 11 is 7.49. The number of nitrogens with zero attached hydrogens (tertiary/aromatic N) is 2. The van der Waals surface area contributed by atoms with Gasteiger partial charge in [0.2, 0.25) is 0 Å². The van der Waals surface area contributed by atoms with Gasteiger partial charge in [-0.2, -0.15) is 0 Å². The Morgan fingerprint density at radius 1 is 1.24 bits per heavy atom. The first kappa shape index (κ1) is 14.0. The van der Waals surface area contributed by atoms with Crippen LogP contribution in [0.5, 0.6) is 0 Å². The molecule has 1 aromatic carbocycles. The molecule has 0 fully saturated rings. The third-order valence-electron chi connectivity index (χ3n) is 3.02. The summed E-state index contributed by atoms with van der Waals surface area (Å²) in [5.41, 5.74) is 1.76. The van der Waals surface area contributed by atoms with Gasteiger partial charge in [-0.3, -0.25) is 4.40 Å². The maximum Gasteiger partial charge on any atom is 0.355 e. The lowest BCUT2D eigenvalue weighted by Crippen LogP contribution is -2.02. The van der Waals surface area contributed by atoms with E-state index in [2.05, 4.69) is 4.98 Å². The molecule has 1 N–H and O–H groups in total. The predicted molar refractivity (Wildman–Crippen MR) is 83.2 cm³/mol. The van der Waals surface area contributed by atoms with E-state index in [9.17, 15) is 9.90 Å². The Morgan fingerprint density at radius 2 is 2.00 bits per heavy atom. The molecule has 2 aromatic heterocycles. The van der Waals surface area contributed by atoms with Crippen molar-refractivity contribution in [3.8, 4) is 0 Å². The van der Waals surface area contributed by atoms with Crippen molar-refractivity contribution in [2.75, 3.05) is 0 Å². The van der Waals surface area contributed by atoms with E-state index in [1.54, 1.807) is 22.7 Å². The Morgan fingerprint density at radius 3 is 2.76 bits per heavy atom. The lowest BCUT2D eigenvalue weighted by molar-refractivity contribution is 0.0685. The van der Waals surface area contributed by atoms with Crippen LogP contribution in [0.15, 0.2) is 53.7 Å². The highest BCUT2D eigenvalue weighted by molar-refractivity contribution is 7.98. The van der Waals surface area contributed by atoms with Crippen LogP contribution in [0, 0.1) is 0 Å². The Labute approximate surface area is 130 Å². The van der Waals surface area contributed by atoms with Crippen molar-refractivity contribution in [2.24, 2.45) is 0 Å². The summed E-state index contributed by atoms with van der Waals surface area (Å²) in [5, 5.41) is 10.6. The number of pyridine rings is 1. The van der Waals surface area contributed by atoms with Crippen LogP contribution in [0.3, 0.4) is 0 Å². The highest BCUT2D eigenvalue weighted by atomic mass is 35.5. The number of thioether (sulfide) groups is 1. The highest BCUT2D eigenvalue weighted by Crippen LogP contribution is 2.29. The SMILES string of the molecule is O=C(O)c1c(SCc2ccccc2Cl)nc2ccccn12. The second-order valence-corrected chi connectivity index (χ2v) is 5.75. The zero-order valence-electron chi connectivity index (χ0n) is 10.9. The molecule has 0 aliphatic heterocycles. The molecule has 0 bridgehead atoms. The van der Waals surface area contributed by atoms with Crippen LogP contribution in [-0.2, 0) is 5.75 Å². The van der Waals surface area contributed by atoms with E-state index < -0.39 is 5.97 Å². The van der Waals surface area contributed by atoms with Gasteiger partial charge in [-0.25, -0.2) is 9.78 Å². The largest absolute Gasteiger partial charge is 0.476 e. The van der Waals surface area contributed by atoms with Crippen LogP contribution in [0.4, 0.5) is 0 Å². The zero-order chi connectivity index (χ0) is 14.8. The molecule has 3 rings (SSSR count). The molecule has 0 unspecified atom stereocenters. The Bertz CT molecular complexity index is 816. The fourth-order valence-corrected chi connectivity index (χ4v) is 3.34. The highest BCUT2D eigenvalue weighted by Gasteiger charge is 2.18. The molecule has 6 heteroatoms. The molecule has 3 aromatic rings. The Hall–Kier alpha value is -1.98. The average molecular weight is 319 g/mol. The number of aromatic carboxylic acids is 1. The first-order chi connectivity index (χ1) is 10.2. The van der Waals surface area contributed by atoms with Crippen molar-refractivity contribution in [1.29, 1.82) is 0 Å². The summed E-state index contributed by atoms with van der Waals surface area (Å²) in [7, 11) is 0. The van der Waals surface area contributed by atoms with Gasteiger partial charge in [-0.1, -0.05) is 47.6 Å². The minimum atomic E-state index is -0.990. The third kappa shape index (κ3) is 2.75. The van der Waals surface area contributed by atoms with Gasteiger partial charge in [0.05, 0.1) is 0 Å². The van der Waals surface area contributed by atoms with Crippen molar-refractivity contribution in [1.82, 2.24) is 9.38 Å². The van der Waals surface area contributed by atoms with Gasteiger partial charge in [0, 0.05) is 17.0 Å². The van der Waals surface area contributed by atoms with Crippen molar-refractivity contribution >= 4 is 35.0 Å². The lowest BCUT2D eigenvalue weighted by atomic mass is 10.2.